The van der Waals surface area contributed by atoms with Crippen LogP contribution in [-0.2, 0) is 0 Å². The first-order valence-corrected chi connectivity index (χ1v) is 21.2. The third-order valence-corrected chi connectivity index (χ3v) is 10.1. The third kappa shape index (κ3) is 44.8. The van der Waals surface area contributed by atoms with Gasteiger partial charge in [0.05, 0.1) is 6.54 Å². The van der Waals surface area contributed by atoms with Gasteiger partial charge >= 0.3 is 0 Å². The van der Waals surface area contributed by atoms with Crippen molar-refractivity contribution in [2.75, 3.05) is 6.54 Å². The Balaban J connectivity index is 0. The second kappa shape index (κ2) is 45.8. The van der Waals surface area contributed by atoms with E-state index in [1.165, 1.54) is 257 Å². The molecular formula is C42H88IN. The van der Waals surface area contributed by atoms with E-state index < -0.39 is 0 Å². The topological polar surface area (TPSA) is 27.6 Å². The summed E-state index contributed by atoms with van der Waals surface area (Å²) in [6, 6.07) is 0. The van der Waals surface area contributed by atoms with Crippen molar-refractivity contribution < 1.29 is 29.7 Å². The highest BCUT2D eigenvalue weighted by atomic mass is 127. The maximum atomic E-state index is 3.93. The molecule has 0 saturated carbocycles. The molecule has 0 aromatic heterocycles. The van der Waals surface area contributed by atoms with Gasteiger partial charge < -0.3 is 29.7 Å². The Bertz CT molecular complexity index is 413. The second-order valence-electron chi connectivity index (χ2n) is 14.6. The molecule has 2 heteroatoms. The van der Waals surface area contributed by atoms with Gasteiger partial charge in [-0.25, -0.2) is 0 Å². The van der Waals surface area contributed by atoms with Crippen LogP contribution in [0.3, 0.4) is 0 Å². The van der Waals surface area contributed by atoms with Crippen molar-refractivity contribution in [3.63, 3.8) is 0 Å². The van der Waals surface area contributed by atoms with Crippen LogP contribution in [0.25, 0.3) is 0 Å². The summed E-state index contributed by atoms with van der Waals surface area (Å²) in [5.74, 6) is 0. The van der Waals surface area contributed by atoms with Crippen molar-refractivity contribution in [1.29, 1.82) is 0 Å². The molecule has 268 valence electrons. The summed E-state index contributed by atoms with van der Waals surface area (Å²) >= 11 is 0. The van der Waals surface area contributed by atoms with Crippen molar-refractivity contribution in [3.8, 4) is 0 Å². The Morgan fingerprint density at radius 1 is 0.205 bits per heavy atom. The van der Waals surface area contributed by atoms with E-state index in [2.05, 4.69) is 12.7 Å². The van der Waals surface area contributed by atoms with Crippen LogP contribution in [-0.4, -0.2) is 6.54 Å². The summed E-state index contributed by atoms with van der Waals surface area (Å²) in [6.45, 7) is 3.43. The Kier molecular flexibility index (Phi) is 48.7. The van der Waals surface area contributed by atoms with Gasteiger partial charge in [-0.15, -0.1) is 0 Å². The summed E-state index contributed by atoms with van der Waals surface area (Å²) in [4.78, 5) is 0. The minimum atomic E-state index is 0. The van der Waals surface area contributed by atoms with Crippen LogP contribution in [0.5, 0.6) is 0 Å². The lowest BCUT2D eigenvalue weighted by Crippen LogP contribution is -3.00. The first kappa shape index (κ1) is 46.8. The number of halogens is 1. The Morgan fingerprint density at radius 3 is 0.432 bits per heavy atom. The molecule has 0 saturated heterocycles. The van der Waals surface area contributed by atoms with Crippen molar-refractivity contribution >= 4 is 0 Å². The van der Waals surface area contributed by atoms with Gasteiger partial charge in [0.15, 0.2) is 0 Å². The minimum absolute atomic E-state index is 0. The molecule has 0 radical (unpaired) electrons. The fourth-order valence-electron chi connectivity index (χ4n) is 6.97. The lowest BCUT2D eigenvalue weighted by molar-refractivity contribution is -0.368. The Hall–Kier alpha value is 0.690. The number of unbranched alkanes of at least 4 members (excludes halogenated alkanes) is 39. The molecule has 0 aromatic carbocycles. The molecule has 0 aromatic rings. The zero-order valence-electron chi connectivity index (χ0n) is 31.1. The quantitative estimate of drug-likeness (QED) is 0.0480. The lowest BCUT2D eigenvalue weighted by Gasteiger charge is -2.05. The van der Waals surface area contributed by atoms with Gasteiger partial charge in [0, 0.05) is 0 Å². The molecule has 0 aliphatic carbocycles. The van der Waals surface area contributed by atoms with Crippen molar-refractivity contribution in [1.82, 2.24) is 0 Å². The van der Waals surface area contributed by atoms with Crippen LogP contribution in [0.15, 0.2) is 0 Å². The molecule has 0 fully saturated rings. The van der Waals surface area contributed by atoms with Crippen LogP contribution in [0.4, 0.5) is 0 Å². The smallest absolute Gasteiger partial charge is 0.0739 e. The molecule has 44 heavy (non-hydrogen) atoms. The van der Waals surface area contributed by atoms with Crippen LogP contribution in [0, 0.1) is 0 Å². The predicted molar refractivity (Wildman–Crippen MR) is 198 cm³/mol. The second-order valence-corrected chi connectivity index (χ2v) is 14.6. The van der Waals surface area contributed by atoms with Crippen molar-refractivity contribution in [2.24, 2.45) is 0 Å². The fraction of sp³-hybridized carbons (Fsp3) is 1.00. The van der Waals surface area contributed by atoms with Gasteiger partial charge in [0.25, 0.3) is 0 Å². The van der Waals surface area contributed by atoms with E-state index >= 15 is 0 Å². The minimum Gasteiger partial charge on any atom is -1.00 e. The number of hydrogen-bond donors (Lipinski definition) is 1. The maximum absolute atomic E-state index is 3.93. The van der Waals surface area contributed by atoms with E-state index in [9.17, 15) is 0 Å². The van der Waals surface area contributed by atoms with Gasteiger partial charge in [-0.1, -0.05) is 251 Å². The molecule has 0 atom stereocenters. The molecule has 3 N–H and O–H groups in total. The molecular weight excluding hydrogens is 645 g/mol. The molecule has 0 aliphatic heterocycles. The van der Waals surface area contributed by atoms with Crippen LogP contribution in [0.1, 0.15) is 264 Å². The Labute approximate surface area is 298 Å². The normalized spacial score (nSPS) is 11.3. The summed E-state index contributed by atoms with van der Waals surface area (Å²) in [7, 11) is 0. The van der Waals surface area contributed by atoms with E-state index in [4.69, 9.17) is 0 Å². The SMILES string of the molecule is CCCCCCCCCCCCCCCCCCCCCCCCCCCCCCCCCCCCCCCCCC[NH3+].[I-]. The zero-order chi connectivity index (χ0) is 31.0. The van der Waals surface area contributed by atoms with E-state index in [1.54, 1.807) is 0 Å². The molecule has 0 spiro atoms. The highest BCUT2D eigenvalue weighted by Gasteiger charge is 1.98. The van der Waals surface area contributed by atoms with Gasteiger partial charge in [0.2, 0.25) is 0 Å². The Morgan fingerprint density at radius 2 is 0.318 bits per heavy atom. The first-order valence-electron chi connectivity index (χ1n) is 21.2. The number of quaternary nitrogens is 1. The molecule has 0 rings (SSSR count). The highest BCUT2D eigenvalue weighted by molar-refractivity contribution is 4.53. The molecule has 0 amide bonds. The fourth-order valence-corrected chi connectivity index (χ4v) is 6.97. The standard InChI is InChI=1S/C42H87N.HI/c1-2-3-4-5-6-7-8-9-10-11-12-13-14-15-16-17-18-19-20-21-22-23-24-25-26-27-28-29-30-31-32-33-34-35-36-37-38-39-40-41-42-43;/h2-43H2,1H3;1H. The average Bonchev–Trinajstić information content (AvgIpc) is 3.02. The van der Waals surface area contributed by atoms with Gasteiger partial charge in [0.1, 0.15) is 0 Å². The predicted octanol–water partition coefficient (Wildman–Crippen LogP) is 11.9. The van der Waals surface area contributed by atoms with E-state index in [0.29, 0.717) is 0 Å². The average molecular weight is 734 g/mol. The number of rotatable bonds is 40. The molecule has 0 unspecified atom stereocenters. The van der Waals surface area contributed by atoms with E-state index in [1.807, 2.05) is 0 Å². The largest absolute Gasteiger partial charge is 1.00 e. The summed E-state index contributed by atoms with van der Waals surface area (Å²) in [5.41, 5.74) is 3.93. The van der Waals surface area contributed by atoms with Crippen molar-refractivity contribution in [2.45, 2.75) is 264 Å². The van der Waals surface area contributed by atoms with Gasteiger partial charge in [-0.05, 0) is 12.8 Å². The molecule has 0 bridgehead atoms. The van der Waals surface area contributed by atoms with E-state index in [-0.39, 0.29) is 24.0 Å². The highest BCUT2D eigenvalue weighted by Crippen LogP contribution is 2.17. The molecule has 0 heterocycles. The maximum Gasteiger partial charge on any atom is 0.0739 e. The summed E-state index contributed by atoms with van der Waals surface area (Å²) < 4.78 is 0. The van der Waals surface area contributed by atoms with Gasteiger partial charge in [-0.2, -0.15) is 0 Å². The van der Waals surface area contributed by atoms with Gasteiger partial charge in [-0.3, -0.25) is 0 Å². The van der Waals surface area contributed by atoms with Crippen molar-refractivity contribution in [3.05, 3.63) is 0 Å². The molecule has 0 aliphatic rings. The zero-order valence-corrected chi connectivity index (χ0v) is 33.2. The third-order valence-electron chi connectivity index (χ3n) is 10.1. The lowest BCUT2D eigenvalue weighted by atomic mass is 10.0. The molecule has 1 nitrogen and oxygen atoms in total. The van der Waals surface area contributed by atoms with E-state index in [0.717, 1.165) is 6.54 Å². The first-order chi connectivity index (χ1) is 21.4. The summed E-state index contributed by atoms with van der Waals surface area (Å²) in [6.07, 6.45) is 59.1. The number of hydrogen-bond acceptors (Lipinski definition) is 0. The van der Waals surface area contributed by atoms with Crippen LogP contribution >= 0.6 is 0 Å². The van der Waals surface area contributed by atoms with Crippen LogP contribution < -0.4 is 29.7 Å². The monoisotopic (exact) mass is 734 g/mol. The van der Waals surface area contributed by atoms with Crippen LogP contribution in [0.2, 0.25) is 0 Å². The summed E-state index contributed by atoms with van der Waals surface area (Å²) in [5, 5.41) is 0.